The van der Waals surface area contributed by atoms with E-state index in [2.05, 4.69) is 0 Å². The molecule has 0 fully saturated rings. The summed E-state index contributed by atoms with van der Waals surface area (Å²) in [4.78, 5) is 1.78. The van der Waals surface area contributed by atoms with Crippen LogP contribution in [0.1, 0.15) is 13.8 Å². The van der Waals surface area contributed by atoms with Crippen molar-refractivity contribution in [1.29, 1.82) is 0 Å². The fourth-order valence-electron chi connectivity index (χ4n) is 1.81. The Labute approximate surface area is 89.7 Å². The number of hydrogen-bond donors (Lipinski definition) is 0. The van der Waals surface area contributed by atoms with Gasteiger partial charge in [-0.25, -0.2) is 4.39 Å². The molecule has 15 heavy (non-hydrogen) atoms. The molecule has 3 heteroatoms. The Balaban J connectivity index is 2.29. The SMILES string of the molecule is CC(C)C(F)N1CCOc2ccccc21. The van der Waals surface area contributed by atoms with E-state index in [0.717, 1.165) is 11.4 Å². The Bertz CT molecular complexity index is 340. The zero-order valence-corrected chi connectivity index (χ0v) is 9.11. The lowest BCUT2D eigenvalue weighted by atomic mass is 10.1. The van der Waals surface area contributed by atoms with E-state index in [0.29, 0.717) is 13.2 Å². The van der Waals surface area contributed by atoms with Crippen LogP contribution < -0.4 is 9.64 Å². The van der Waals surface area contributed by atoms with Gasteiger partial charge in [0.2, 0.25) is 0 Å². The van der Waals surface area contributed by atoms with Crippen molar-refractivity contribution in [2.24, 2.45) is 5.92 Å². The first-order valence-corrected chi connectivity index (χ1v) is 5.32. The molecular weight excluding hydrogens is 193 g/mol. The van der Waals surface area contributed by atoms with Gasteiger partial charge in [-0.05, 0) is 12.1 Å². The van der Waals surface area contributed by atoms with Crippen LogP contribution in [0.2, 0.25) is 0 Å². The summed E-state index contributed by atoms with van der Waals surface area (Å²) in [5.41, 5.74) is 0.866. The Kier molecular flexibility index (Phi) is 2.80. The third kappa shape index (κ3) is 1.91. The average molecular weight is 209 g/mol. The van der Waals surface area contributed by atoms with E-state index in [1.165, 1.54) is 0 Å². The van der Waals surface area contributed by atoms with Gasteiger partial charge in [0.05, 0.1) is 12.2 Å². The van der Waals surface area contributed by atoms with E-state index in [9.17, 15) is 4.39 Å². The van der Waals surface area contributed by atoms with Gasteiger partial charge in [0, 0.05) is 5.92 Å². The largest absolute Gasteiger partial charge is 0.490 e. The molecule has 1 aliphatic rings. The third-order valence-electron chi connectivity index (χ3n) is 2.61. The second-order valence-corrected chi connectivity index (χ2v) is 4.13. The van der Waals surface area contributed by atoms with Crippen LogP contribution in [0.4, 0.5) is 10.1 Å². The molecule has 1 heterocycles. The molecule has 1 aromatic rings. The van der Waals surface area contributed by atoms with Gasteiger partial charge in [-0.3, -0.25) is 0 Å². The van der Waals surface area contributed by atoms with Gasteiger partial charge in [-0.15, -0.1) is 0 Å². The Morgan fingerprint density at radius 3 is 2.80 bits per heavy atom. The summed E-state index contributed by atoms with van der Waals surface area (Å²) in [6.07, 6.45) is -0.935. The molecule has 1 atom stereocenters. The third-order valence-corrected chi connectivity index (χ3v) is 2.61. The molecule has 1 unspecified atom stereocenters. The van der Waals surface area contributed by atoms with Gasteiger partial charge in [0.1, 0.15) is 12.4 Å². The summed E-state index contributed by atoms with van der Waals surface area (Å²) in [5.74, 6) is 0.781. The molecule has 2 rings (SSSR count). The zero-order chi connectivity index (χ0) is 10.8. The maximum absolute atomic E-state index is 14.0. The van der Waals surface area contributed by atoms with Crippen molar-refractivity contribution in [3.05, 3.63) is 24.3 Å². The number of hydrogen-bond acceptors (Lipinski definition) is 2. The molecule has 0 saturated heterocycles. The number of ether oxygens (including phenoxy) is 1. The van der Waals surface area contributed by atoms with Crippen molar-refractivity contribution in [1.82, 2.24) is 0 Å². The molecule has 0 aliphatic carbocycles. The fraction of sp³-hybridized carbons (Fsp3) is 0.500. The van der Waals surface area contributed by atoms with E-state index in [4.69, 9.17) is 4.74 Å². The van der Waals surface area contributed by atoms with E-state index in [1.807, 2.05) is 38.1 Å². The minimum absolute atomic E-state index is 0.00356. The molecule has 0 bridgehead atoms. The first-order chi connectivity index (χ1) is 7.20. The second-order valence-electron chi connectivity index (χ2n) is 4.13. The Morgan fingerprint density at radius 1 is 1.33 bits per heavy atom. The van der Waals surface area contributed by atoms with Gasteiger partial charge in [-0.2, -0.15) is 0 Å². The normalized spacial score (nSPS) is 17.2. The summed E-state index contributed by atoms with van der Waals surface area (Å²) in [7, 11) is 0. The van der Waals surface area contributed by atoms with Crippen molar-refractivity contribution in [3.63, 3.8) is 0 Å². The van der Waals surface area contributed by atoms with Gasteiger partial charge >= 0.3 is 0 Å². The van der Waals surface area contributed by atoms with E-state index < -0.39 is 6.30 Å². The van der Waals surface area contributed by atoms with Crippen molar-refractivity contribution in [2.75, 3.05) is 18.1 Å². The number of nitrogens with zero attached hydrogens (tertiary/aromatic N) is 1. The highest BCUT2D eigenvalue weighted by Gasteiger charge is 2.26. The molecule has 0 saturated carbocycles. The van der Waals surface area contributed by atoms with Gasteiger partial charge in [0.25, 0.3) is 0 Å². The topological polar surface area (TPSA) is 12.5 Å². The van der Waals surface area contributed by atoms with Crippen molar-refractivity contribution >= 4 is 5.69 Å². The molecule has 1 aromatic carbocycles. The van der Waals surface area contributed by atoms with Crippen LogP contribution in [-0.2, 0) is 0 Å². The smallest absolute Gasteiger partial charge is 0.175 e. The predicted octanol–water partition coefficient (Wildman–Crippen LogP) is 2.84. The molecule has 2 nitrogen and oxygen atoms in total. The number of benzene rings is 1. The molecule has 0 amide bonds. The maximum atomic E-state index is 14.0. The number of anilines is 1. The van der Waals surface area contributed by atoms with E-state index in [-0.39, 0.29) is 5.92 Å². The van der Waals surface area contributed by atoms with Crippen molar-refractivity contribution in [2.45, 2.75) is 20.1 Å². The maximum Gasteiger partial charge on any atom is 0.175 e. The van der Waals surface area contributed by atoms with Gasteiger partial charge in [0.15, 0.2) is 6.30 Å². The summed E-state index contributed by atoms with van der Waals surface area (Å²) in [5, 5.41) is 0. The molecule has 82 valence electrons. The van der Waals surface area contributed by atoms with Crippen LogP contribution >= 0.6 is 0 Å². The van der Waals surface area contributed by atoms with Crippen molar-refractivity contribution in [3.8, 4) is 5.75 Å². The number of halogens is 1. The van der Waals surface area contributed by atoms with Gasteiger partial charge < -0.3 is 9.64 Å². The second kappa shape index (κ2) is 4.09. The highest BCUT2D eigenvalue weighted by atomic mass is 19.1. The molecular formula is C12H16FNO. The van der Waals surface area contributed by atoms with Crippen LogP contribution in [0.25, 0.3) is 0 Å². The first kappa shape index (κ1) is 10.3. The minimum atomic E-state index is -0.935. The number of alkyl halides is 1. The quantitative estimate of drug-likeness (QED) is 0.694. The fourth-order valence-corrected chi connectivity index (χ4v) is 1.81. The summed E-state index contributed by atoms with van der Waals surface area (Å²) >= 11 is 0. The zero-order valence-electron chi connectivity index (χ0n) is 9.11. The van der Waals surface area contributed by atoms with Crippen LogP contribution in [-0.4, -0.2) is 19.4 Å². The first-order valence-electron chi connectivity index (χ1n) is 5.32. The van der Waals surface area contributed by atoms with Crippen LogP contribution in [0.3, 0.4) is 0 Å². The number of para-hydroxylation sites is 2. The van der Waals surface area contributed by atoms with E-state index >= 15 is 0 Å². The standard InChI is InChI=1S/C12H16FNO/c1-9(2)12(13)14-7-8-15-11-6-4-3-5-10(11)14/h3-6,9,12H,7-8H2,1-2H3. The highest BCUT2D eigenvalue weighted by molar-refractivity contribution is 5.60. The van der Waals surface area contributed by atoms with Gasteiger partial charge in [-0.1, -0.05) is 26.0 Å². The number of fused-ring (bicyclic) bond motifs is 1. The predicted molar refractivity (Wildman–Crippen MR) is 59.0 cm³/mol. The van der Waals surface area contributed by atoms with Crippen LogP contribution in [0.5, 0.6) is 5.75 Å². The molecule has 0 spiro atoms. The Hall–Kier alpha value is -1.25. The number of rotatable bonds is 2. The molecule has 0 aromatic heterocycles. The Morgan fingerprint density at radius 2 is 2.07 bits per heavy atom. The summed E-state index contributed by atoms with van der Waals surface area (Å²) in [6, 6.07) is 7.61. The lowest BCUT2D eigenvalue weighted by Gasteiger charge is -2.35. The monoisotopic (exact) mass is 209 g/mol. The average Bonchev–Trinajstić information content (AvgIpc) is 2.27. The van der Waals surface area contributed by atoms with Crippen LogP contribution in [0.15, 0.2) is 24.3 Å². The minimum Gasteiger partial charge on any atom is -0.490 e. The van der Waals surface area contributed by atoms with Crippen molar-refractivity contribution < 1.29 is 9.13 Å². The van der Waals surface area contributed by atoms with Crippen LogP contribution in [0, 0.1) is 5.92 Å². The molecule has 0 N–H and O–H groups in total. The molecule has 1 aliphatic heterocycles. The lowest BCUT2D eigenvalue weighted by Crippen LogP contribution is -2.41. The lowest BCUT2D eigenvalue weighted by molar-refractivity contribution is 0.213. The van der Waals surface area contributed by atoms with E-state index in [1.54, 1.807) is 4.90 Å². The highest BCUT2D eigenvalue weighted by Crippen LogP contribution is 2.33. The summed E-state index contributed by atoms with van der Waals surface area (Å²) in [6.45, 7) is 4.96. The molecule has 0 radical (unpaired) electrons. The summed E-state index contributed by atoms with van der Waals surface area (Å²) < 4.78 is 19.4.